The summed E-state index contributed by atoms with van der Waals surface area (Å²) in [4.78, 5) is 2.51. The van der Waals surface area contributed by atoms with Crippen LogP contribution in [0.4, 0.5) is 0 Å². The molecule has 1 aliphatic rings. The quantitative estimate of drug-likeness (QED) is 0.870. The van der Waals surface area contributed by atoms with E-state index in [4.69, 9.17) is 10.5 Å². The van der Waals surface area contributed by atoms with Gasteiger partial charge in [-0.25, -0.2) is 0 Å². The van der Waals surface area contributed by atoms with Gasteiger partial charge in [0.2, 0.25) is 0 Å². The van der Waals surface area contributed by atoms with Gasteiger partial charge in [0, 0.05) is 12.6 Å². The third-order valence-corrected chi connectivity index (χ3v) is 3.63. The first-order chi connectivity index (χ1) is 8.85. The Kier molecular flexibility index (Phi) is 5.02. The van der Waals surface area contributed by atoms with Crippen LogP contribution in [0.5, 0.6) is 5.75 Å². The van der Waals surface area contributed by atoms with Gasteiger partial charge in [0.05, 0.1) is 6.61 Å². The summed E-state index contributed by atoms with van der Waals surface area (Å²) in [6.07, 6.45) is 3.96. The SMILES string of the molecule is CCOc1ccc([C@@H](CN)N2CCCCC2)cc1. The standard InChI is InChI=1S/C15H24N2O/c1-2-18-14-8-6-13(7-9-14)15(12-16)17-10-4-3-5-11-17/h6-9,15H,2-5,10-12,16H2,1H3/t15-/m1/s1. The smallest absolute Gasteiger partial charge is 0.119 e. The molecule has 0 unspecified atom stereocenters. The first-order valence-electron chi connectivity index (χ1n) is 7.02. The topological polar surface area (TPSA) is 38.5 Å². The molecule has 3 heteroatoms. The Balaban J connectivity index is 2.06. The highest BCUT2D eigenvalue weighted by Gasteiger charge is 2.20. The van der Waals surface area contributed by atoms with Crippen LogP contribution >= 0.6 is 0 Å². The highest BCUT2D eigenvalue weighted by atomic mass is 16.5. The fourth-order valence-corrected chi connectivity index (χ4v) is 2.68. The van der Waals surface area contributed by atoms with E-state index in [9.17, 15) is 0 Å². The van der Waals surface area contributed by atoms with E-state index in [1.807, 2.05) is 19.1 Å². The molecule has 2 rings (SSSR count). The fourth-order valence-electron chi connectivity index (χ4n) is 2.68. The van der Waals surface area contributed by atoms with Crippen molar-refractivity contribution in [2.45, 2.75) is 32.2 Å². The number of rotatable bonds is 5. The molecular weight excluding hydrogens is 224 g/mol. The molecule has 0 amide bonds. The van der Waals surface area contributed by atoms with Crippen LogP contribution in [0.15, 0.2) is 24.3 Å². The first-order valence-corrected chi connectivity index (χ1v) is 7.02. The summed E-state index contributed by atoms with van der Waals surface area (Å²) in [5.74, 6) is 0.940. The van der Waals surface area contributed by atoms with Crippen LogP contribution in [0.3, 0.4) is 0 Å². The van der Waals surface area contributed by atoms with E-state index in [-0.39, 0.29) is 0 Å². The average Bonchev–Trinajstić information content (AvgIpc) is 2.43. The molecular formula is C15H24N2O. The second-order valence-electron chi connectivity index (χ2n) is 4.85. The lowest BCUT2D eigenvalue weighted by Crippen LogP contribution is -2.37. The summed E-state index contributed by atoms with van der Waals surface area (Å²) >= 11 is 0. The molecule has 0 radical (unpaired) electrons. The second-order valence-corrected chi connectivity index (χ2v) is 4.85. The Bertz CT molecular complexity index is 344. The van der Waals surface area contributed by atoms with Crippen LogP contribution in [-0.4, -0.2) is 31.1 Å². The third kappa shape index (κ3) is 3.24. The van der Waals surface area contributed by atoms with Crippen molar-refractivity contribution in [3.8, 4) is 5.75 Å². The van der Waals surface area contributed by atoms with Gasteiger partial charge in [-0.15, -0.1) is 0 Å². The Morgan fingerprint density at radius 3 is 2.39 bits per heavy atom. The molecule has 1 aromatic carbocycles. The number of hydrogen-bond acceptors (Lipinski definition) is 3. The van der Waals surface area contributed by atoms with Gasteiger partial charge >= 0.3 is 0 Å². The van der Waals surface area contributed by atoms with Gasteiger partial charge in [0.25, 0.3) is 0 Å². The molecule has 1 fully saturated rings. The van der Waals surface area contributed by atoms with Crippen LogP contribution in [0.2, 0.25) is 0 Å². The lowest BCUT2D eigenvalue weighted by atomic mass is 10.0. The van der Waals surface area contributed by atoms with Gasteiger partial charge in [-0.05, 0) is 50.6 Å². The Morgan fingerprint density at radius 1 is 1.17 bits per heavy atom. The summed E-state index contributed by atoms with van der Waals surface area (Å²) in [6, 6.07) is 8.76. The molecule has 0 aromatic heterocycles. The Labute approximate surface area is 110 Å². The van der Waals surface area contributed by atoms with Gasteiger partial charge in [0.1, 0.15) is 5.75 Å². The van der Waals surface area contributed by atoms with Crippen LogP contribution < -0.4 is 10.5 Å². The molecule has 1 aromatic rings. The van der Waals surface area contributed by atoms with Crippen molar-refractivity contribution in [1.82, 2.24) is 4.90 Å². The third-order valence-electron chi connectivity index (χ3n) is 3.63. The zero-order valence-corrected chi connectivity index (χ0v) is 11.3. The molecule has 1 aliphatic heterocycles. The molecule has 0 aliphatic carbocycles. The fraction of sp³-hybridized carbons (Fsp3) is 0.600. The molecule has 2 N–H and O–H groups in total. The molecule has 18 heavy (non-hydrogen) atoms. The lowest BCUT2D eigenvalue weighted by Gasteiger charge is -2.34. The van der Waals surface area contributed by atoms with E-state index in [1.165, 1.54) is 37.9 Å². The maximum absolute atomic E-state index is 5.96. The summed E-state index contributed by atoms with van der Waals surface area (Å²) in [5.41, 5.74) is 7.27. The normalized spacial score (nSPS) is 18.6. The van der Waals surface area contributed by atoms with Gasteiger partial charge in [0.15, 0.2) is 0 Å². The van der Waals surface area contributed by atoms with Crippen molar-refractivity contribution >= 4 is 0 Å². The van der Waals surface area contributed by atoms with Gasteiger partial charge in [-0.3, -0.25) is 4.90 Å². The number of nitrogens with two attached hydrogens (primary N) is 1. The first kappa shape index (κ1) is 13.4. The minimum Gasteiger partial charge on any atom is -0.494 e. The molecule has 0 saturated carbocycles. The minimum absolute atomic E-state index is 0.362. The van der Waals surface area contributed by atoms with Crippen molar-refractivity contribution < 1.29 is 4.74 Å². The number of nitrogens with zero attached hydrogens (tertiary/aromatic N) is 1. The lowest BCUT2D eigenvalue weighted by molar-refractivity contribution is 0.167. The number of ether oxygens (including phenoxy) is 1. The Hall–Kier alpha value is -1.06. The van der Waals surface area contributed by atoms with E-state index >= 15 is 0 Å². The van der Waals surface area contributed by atoms with Crippen LogP contribution in [0.1, 0.15) is 37.8 Å². The van der Waals surface area contributed by atoms with E-state index < -0.39 is 0 Å². The van der Waals surface area contributed by atoms with E-state index in [0.717, 1.165) is 5.75 Å². The zero-order valence-electron chi connectivity index (χ0n) is 11.3. The van der Waals surface area contributed by atoms with E-state index in [1.54, 1.807) is 0 Å². The molecule has 1 heterocycles. The summed E-state index contributed by atoms with van der Waals surface area (Å²) in [7, 11) is 0. The largest absolute Gasteiger partial charge is 0.494 e. The molecule has 1 saturated heterocycles. The highest BCUT2D eigenvalue weighted by molar-refractivity contribution is 5.29. The Morgan fingerprint density at radius 2 is 1.83 bits per heavy atom. The van der Waals surface area contributed by atoms with Crippen molar-refractivity contribution in [1.29, 1.82) is 0 Å². The van der Waals surface area contributed by atoms with Gasteiger partial charge in [-0.1, -0.05) is 18.6 Å². The van der Waals surface area contributed by atoms with Crippen molar-refractivity contribution in [3.63, 3.8) is 0 Å². The number of piperidine rings is 1. The van der Waals surface area contributed by atoms with Gasteiger partial charge < -0.3 is 10.5 Å². The summed E-state index contributed by atoms with van der Waals surface area (Å²) in [5, 5.41) is 0. The predicted molar refractivity (Wildman–Crippen MR) is 74.8 cm³/mol. The maximum Gasteiger partial charge on any atom is 0.119 e. The van der Waals surface area contributed by atoms with Crippen molar-refractivity contribution in [2.75, 3.05) is 26.2 Å². The average molecular weight is 248 g/mol. The minimum atomic E-state index is 0.362. The van der Waals surface area contributed by atoms with E-state index in [2.05, 4.69) is 17.0 Å². The number of likely N-dealkylation sites (tertiary alicyclic amines) is 1. The molecule has 0 spiro atoms. The number of hydrogen-bond donors (Lipinski definition) is 1. The predicted octanol–water partition coefficient (Wildman–Crippen LogP) is 2.57. The zero-order chi connectivity index (χ0) is 12.8. The molecule has 1 atom stereocenters. The van der Waals surface area contributed by atoms with Crippen LogP contribution in [0, 0.1) is 0 Å². The monoisotopic (exact) mass is 248 g/mol. The highest BCUT2D eigenvalue weighted by Crippen LogP contribution is 2.25. The summed E-state index contributed by atoms with van der Waals surface area (Å²) < 4.78 is 5.47. The maximum atomic E-state index is 5.96. The van der Waals surface area contributed by atoms with Crippen molar-refractivity contribution in [2.24, 2.45) is 5.73 Å². The van der Waals surface area contributed by atoms with E-state index in [0.29, 0.717) is 19.2 Å². The number of benzene rings is 1. The molecule has 0 bridgehead atoms. The summed E-state index contributed by atoms with van der Waals surface area (Å²) in [6.45, 7) is 5.76. The molecule has 3 nitrogen and oxygen atoms in total. The second kappa shape index (κ2) is 6.76. The van der Waals surface area contributed by atoms with Crippen LogP contribution in [0.25, 0.3) is 0 Å². The van der Waals surface area contributed by atoms with Crippen LogP contribution in [-0.2, 0) is 0 Å². The van der Waals surface area contributed by atoms with Crippen molar-refractivity contribution in [3.05, 3.63) is 29.8 Å². The molecule has 100 valence electrons. The van der Waals surface area contributed by atoms with Gasteiger partial charge in [-0.2, -0.15) is 0 Å².